The van der Waals surface area contributed by atoms with E-state index >= 15 is 0 Å². The van der Waals surface area contributed by atoms with Gasteiger partial charge in [-0.15, -0.1) is 11.8 Å². The lowest BCUT2D eigenvalue weighted by Crippen LogP contribution is -2.22. The molecule has 3 rings (SSSR count). The van der Waals surface area contributed by atoms with Crippen LogP contribution in [0.25, 0.3) is 17.0 Å². The number of pyridine rings is 1. The fourth-order valence-electron chi connectivity index (χ4n) is 4.55. The van der Waals surface area contributed by atoms with Gasteiger partial charge in [0.1, 0.15) is 5.69 Å². The SMILES string of the molecule is C=C(N)c1nc(-c2ccc(SCC(CCC)C3CCC(C)CC3)cc2Cl)ccc1NN. The zero-order chi connectivity index (χ0) is 22.4. The summed E-state index contributed by atoms with van der Waals surface area (Å²) in [6.07, 6.45) is 8.12. The van der Waals surface area contributed by atoms with Gasteiger partial charge < -0.3 is 11.2 Å². The average Bonchev–Trinajstić information content (AvgIpc) is 2.77. The van der Waals surface area contributed by atoms with Crippen molar-refractivity contribution >= 4 is 34.7 Å². The summed E-state index contributed by atoms with van der Waals surface area (Å²) in [5.41, 5.74) is 11.6. The van der Waals surface area contributed by atoms with Crippen molar-refractivity contribution < 1.29 is 0 Å². The molecule has 0 radical (unpaired) electrons. The maximum absolute atomic E-state index is 6.66. The number of nitrogen functional groups attached to an aromatic ring is 1. The highest BCUT2D eigenvalue weighted by atomic mass is 35.5. The van der Waals surface area contributed by atoms with Gasteiger partial charge in [-0.2, -0.15) is 0 Å². The fourth-order valence-corrected chi connectivity index (χ4v) is 6.10. The minimum atomic E-state index is 0.358. The molecule has 168 valence electrons. The molecule has 0 saturated heterocycles. The summed E-state index contributed by atoms with van der Waals surface area (Å²) < 4.78 is 0. The Bertz CT molecular complexity index is 893. The number of hydrogen-bond acceptors (Lipinski definition) is 5. The molecule has 0 bridgehead atoms. The van der Waals surface area contributed by atoms with Crippen molar-refractivity contribution in [2.45, 2.75) is 57.3 Å². The molecular formula is C25H35ClN4S. The first kappa shape index (κ1) is 24.0. The van der Waals surface area contributed by atoms with E-state index in [2.05, 4.69) is 43.0 Å². The minimum absolute atomic E-state index is 0.358. The van der Waals surface area contributed by atoms with Crippen LogP contribution in [-0.4, -0.2) is 10.7 Å². The monoisotopic (exact) mass is 458 g/mol. The highest BCUT2D eigenvalue weighted by Crippen LogP contribution is 2.39. The van der Waals surface area contributed by atoms with Crippen molar-refractivity contribution in [3.05, 3.63) is 47.6 Å². The lowest BCUT2D eigenvalue weighted by molar-refractivity contribution is 0.217. The van der Waals surface area contributed by atoms with Crippen LogP contribution in [0.4, 0.5) is 5.69 Å². The van der Waals surface area contributed by atoms with Gasteiger partial charge >= 0.3 is 0 Å². The van der Waals surface area contributed by atoms with E-state index in [9.17, 15) is 0 Å². The number of thioether (sulfide) groups is 1. The lowest BCUT2D eigenvalue weighted by atomic mass is 9.75. The van der Waals surface area contributed by atoms with Gasteiger partial charge in [0.15, 0.2) is 0 Å². The average molecular weight is 459 g/mol. The van der Waals surface area contributed by atoms with Crippen molar-refractivity contribution in [2.75, 3.05) is 11.2 Å². The van der Waals surface area contributed by atoms with E-state index < -0.39 is 0 Å². The van der Waals surface area contributed by atoms with E-state index in [0.29, 0.717) is 22.1 Å². The molecule has 0 amide bonds. The molecule has 1 saturated carbocycles. The van der Waals surface area contributed by atoms with Crippen molar-refractivity contribution in [2.24, 2.45) is 29.3 Å². The van der Waals surface area contributed by atoms with Crippen molar-refractivity contribution in [1.29, 1.82) is 0 Å². The van der Waals surface area contributed by atoms with Gasteiger partial charge in [0.25, 0.3) is 0 Å². The Morgan fingerprint density at radius 3 is 2.61 bits per heavy atom. The number of nitrogens with two attached hydrogens (primary N) is 2. The number of anilines is 1. The Kier molecular flexibility index (Phi) is 8.70. The molecule has 31 heavy (non-hydrogen) atoms. The second kappa shape index (κ2) is 11.3. The summed E-state index contributed by atoms with van der Waals surface area (Å²) in [4.78, 5) is 5.82. The van der Waals surface area contributed by atoms with Crippen molar-refractivity contribution in [3.63, 3.8) is 0 Å². The van der Waals surface area contributed by atoms with Gasteiger partial charge in [-0.25, -0.2) is 4.98 Å². The van der Waals surface area contributed by atoms with Gasteiger partial charge in [0, 0.05) is 16.2 Å². The first-order valence-electron chi connectivity index (χ1n) is 11.3. The van der Waals surface area contributed by atoms with Gasteiger partial charge in [-0.05, 0) is 61.3 Å². The van der Waals surface area contributed by atoms with Crippen LogP contribution in [0.5, 0.6) is 0 Å². The van der Waals surface area contributed by atoms with Crippen LogP contribution in [0.15, 0.2) is 41.8 Å². The maximum Gasteiger partial charge on any atom is 0.110 e. The second-order valence-electron chi connectivity index (χ2n) is 8.78. The third kappa shape index (κ3) is 6.18. The normalized spacial score (nSPS) is 19.7. The van der Waals surface area contributed by atoms with E-state index in [4.69, 9.17) is 23.2 Å². The van der Waals surface area contributed by atoms with Gasteiger partial charge in [-0.3, -0.25) is 5.84 Å². The fraction of sp³-hybridized carbons (Fsp3) is 0.480. The number of nitrogens with one attached hydrogen (secondary N) is 1. The second-order valence-corrected chi connectivity index (χ2v) is 10.3. The number of hydrazine groups is 1. The molecule has 1 aliphatic rings. The van der Waals surface area contributed by atoms with E-state index in [1.54, 1.807) is 0 Å². The summed E-state index contributed by atoms with van der Waals surface area (Å²) in [7, 11) is 0. The Morgan fingerprint density at radius 1 is 1.26 bits per heavy atom. The Morgan fingerprint density at radius 2 is 2.00 bits per heavy atom. The summed E-state index contributed by atoms with van der Waals surface area (Å²) in [6, 6.07) is 9.97. The van der Waals surface area contributed by atoms with Crippen molar-refractivity contribution in [3.8, 4) is 11.3 Å². The molecule has 1 aliphatic carbocycles. The van der Waals surface area contributed by atoms with E-state index in [1.165, 1.54) is 43.4 Å². The molecule has 2 aromatic rings. The van der Waals surface area contributed by atoms with Crippen LogP contribution in [0.2, 0.25) is 5.02 Å². The van der Waals surface area contributed by atoms with Crippen molar-refractivity contribution in [1.82, 2.24) is 4.98 Å². The summed E-state index contributed by atoms with van der Waals surface area (Å²) in [5, 5.41) is 0.693. The maximum atomic E-state index is 6.66. The number of aromatic nitrogens is 1. The topological polar surface area (TPSA) is 77.0 Å². The standard InChI is InChI=1S/C25H35ClN4S/c1-4-5-19(18-8-6-16(2)7-9-18)15-31-20-10-11-21(22(26)14-20)23-12-13-24(30-28)25(29-23)17(3)27/h10-14,16,18-19,30H,3-9,15,27-28H2,1-2H3. The first-order chi connectivity index (χ1) is 14.9. The Balaban J connectivity index is 1.71. The Hall–Kier alpha value is -1.69. The lowest BCUT2D eigenvalue weighted by Gasteiger charge is -2.32. The zero-order valence-corrected chi connectivity index (χ0v) is 20.2. The van der Waals surface area contributed by atoms with Crippen LogP contribution in [0.1, 0.15) is 58.1 Å². The summed E-state index contributed by atoms with van der Waals surface area (Å²) in [5.74, 6) is 9.28. The van der Waals surface area contributed by atoms with Crippen LogP contribution in [0, 0.1) is 17.8 Å². The third-order valence-corrected chi connectivity index (χ3v) is 7.92. The molecule has 5 N–H and O–H groups in total. The van der Waals surface area contributed by atoms with E-state index in [1.807, 2.05) is 30.0 Å². The number of nitrogens with zero attached hydrogens (tertiary/aromatic N) is 1. The highest BCUT2D eigenvalue weighted by Gasteiger charge is 2.25. The van der Waals surface area contributed by atoms with Gasteiger partial charge in [-0.1, -0.05) is 57.4 Å². The molecule has 1 aromatic carbocycles. The van der Waals surface area contributed by atoms with E-state index in [-0.39, 0.29) is 0 Å². The Labute approximate surface area is 196 Å². The van der Waals surface area contributed by atoms with Gasteiger partial charge in [0.05, 0.1) is 22.1 Å². The molecule has 1 unspecified atom stereocenters. The number of hydrogen-bond donors (Lipinski definition) is 3. The predicted molar refractivity (Wildman–Crippen MR) is 136 cm³/mol. The molecule has 1 fully saturated rings. The third-order valence-electron chi connectivity index (χ3n) is 6.42. The molecular weight excluding hydrogens is 424 g/mol. The predicted octanol–water partition coefficient (Wildman–Crippen LogP) is 6.95. The van der Waals surface area contributed by atoms with Crippen LogP contribution >= 0.6 is 23.4 Å². The first-order valence-corrected chi connectivity index (χ1v) is 12.6. The number of benzene rings is 1. The molecule has 1 aromatic heterocycles. The molecule has 0 spiro atoms. The minimum Gasteiger partial charge on any atom is -0.397 e. The number of rotatable bonds is 9. The zero-order valence-electron chi connectivity index (χ0n) is 18.7. The molecule has 4 nitrogen and oxygen atoms in total. The van der Waals surface area contributed by atoms with Crippen LogP contribution < -0.4 is 17.0 Å². The highest BCUT2D eigenvalue weighted by molar-refractivity contribution is 7.99. The quantitative estimate of drug-likeness (QED) is 0.215. The smallest absolute Gasteiger partial charge is 0.110 e. The number of halogens is 1. The molecule has 1 atom stereocenters. The molecule has 6 heteroatoms. The van der Waals surface area contributed by atoms with Gasteiger partial charge in [0.2, 0.25) is 0 Å². The molecule has 1 heterocycles. The summed E-state index contributed by atoms with van der Waals surface area (Å²) >= 11 is 8.59. The molecule has 0 aliphatic heterocycles. The summed E-state index contributed by atoms with van der Waals surface area (Å²) in [6.45, 7) is 8.48. The van der Waals surface area contributed by atoms with Crippen LogP contribution in [-0.2, 0) is 0 Å². The largest absolute Gasteiger partial charge is 0.397 e. The van der Waals surface area contributed by atoms with Crippen LogP contribution in [0.3, 0.4) is 0 Å². The van der Waals surface area contributed by atoms with E-state index in [0.717, 1.165) is 34.8 Å².